The zero-order valence-electron chi connectivity index (χ0n) is 18.4. The van der Waals surface area contributed by atoms with Crippen molar-refractivity contribution in [3.63, 3.8) is 0 Å². The number of ether oxygens (including phenoxy) is 1. The number of amides is 1. The molecule has 1 aliphatic heterocycles. The van der Waals surface area contributed by atoms with Crippen molar-refractivity contribution in [3.05, 3.63) is 46.8 Å². The van der Waals surface area contributed by atoms with E-state index in [2.05, 4.69) is 10.3 Å². The minimum Gasteiger partial charge on any atom is -0.451 e. The number of rotatable bonds is 7. The van der Waals surface area contributed by atoms with E-state index in [9.17, 15) is 22.8 Å². The fraction of sp³-hybridized carbons (Fsp3) is 0.409. The van der Waals surface area contributed by atoms with E-state index in [-0.39, 0.29) is 22.1 Å². The maximum absolute atomic E-state index is 12.8. The monoisotopic (exact) mass is 461 g/mol. The third-order valence-corrected chi connectivity index (χ3v) is 7.29. The molecular weight excluding hydrogens is 434 g/mol. The molecule has 0 atom stereocenters. The summed E-state index contributed by atoms with van der Waals surface area (Å²) in [6, 6.07) is 5.99. The summed E-state index contributed by atoms with van der Waals surface area (Å²) in [4.78, 5) is 39.2. The number of anilines is 1. The molecule has 1 amide bonds. The molecule has 1 fully saturated rings. The van der Waals surface area contributed by atoms with Crippen LogP contribution in [0.1, 0.15) is 58.3 Å². The van der Waals surface area contributed by atoms with E-state index in [0.717, 1.165) is 19.3 Å². The van der Waals surface area contributed by atoms with E-state index in [1.165, 1.54) is 23.4 Å². The highest BCUT2D eigenvalue weighted by Gasteiger charge is 2.26. The van der Waals surface area contributed by atoms with Gasteiger partial charge in [-0.15, -0.1) is 0 Å². The maximum Gasteiger partial charge on any atom is 0.355 e. The molecule has 1 aromatic carbocycles. The Balaban J connectivity index is 1.63. The van der Waals surface area contributed by atoms with Crippen molar-refractivity contribution < 1.29 is 27.5 Å². The van der Waals surface area contributed by atoms with Crippen molar-refractivity contribution in [3.8, 4) is 0 Å². The summed E-state index contributed by atoms with van der Waals surface area (Å²) in [5, 5.41) is 2.55. The highest BCUT2D eigenvalue weighted by molar-refractivity contribution is 7.89. The van der Waals surface area contributed by atoms with Crippen molar-refractivity contribution in [1.29, 1.82) is 0 Å². The number of carbonyl (C=O) groups is 3. The second kappa shape index (κ2) is 9.66. The molecule has 172 valence electrons. The van der Waals surface area contributed by atoms with Crippen LogP contribution in [0.25, 0.3) is 0 Å². The lowest BCUT2D eigenvalue weighted by Gasteiger charge is -2.26. The van der Waals surface area contributed by atoms with Gasteiger partial charge in [0, 0.05) is 30.0 Å². The van der Waals surface area contributed by atoms with Crippen LogP contribution < -0.4 is 5.32 Å². The van der Waals surface area contributed by atoms with Crippen LogP contribution in [-0.2, 0) is 19.6 Å². The van der Waals surface area contributed by atoms with Crippen LogP contribution in [-0.4, -0.2) is 55.1 Å². The molecule has 0 spiro atoms. The summed E-state index contributed by atoms with van der Waals surface area (Å²) >= 11 is 0. The second-order valence-corrected chi connectivity index (χ2v) is 9.74. The molecule has 9 nitrogen and oxygen atoms in total. The molecule has 0 bridgehead atoms. The lowest BCUT2D eigenvalue weighted by atomic mass is 10.1. The fourth-order valence-corrected chi connectivity index (χ4v) is 5.43. The summed E-state index contributed by atoms with van der Waals surface area (Å²) in [7, 11) is -3.63. The van der Waals surface area contributed by atoms with Gasteiger partial charge in [0.05, 0.1) is 4.90 Å². The number of Topliss-reactive ketones (excluding diaryl/α,β-unsaturated/α-hetero) is 1. The van der Waals surface area contributed by atoms with Crippen molar-refractivity contribution in [2.24, 2.45) is 0 Å². The van der Waals surface area contributed by atoms with Gasteiger partial charge in [-0.1, -0.05) is 12.5 Å². The minimum atomic E-state index is -3.63. The van der Waals surface area contributed by atoms with Gasteiger partial charge in [-0.2, -0.15) is 4.31 Å². The van der Waals surface area contributed by atoms with Gasteiger partial charge in [0.2, 0.25) is 10.0 Å². The highest BCUT2D eigenvalue weighted by Crippen LogP contribution is 2.23. The number of benzene rings is 1. The first-order valence-electron chi connectivity index (χ1n) is 10.4. The number of aryl methyl sites for hydroxylation is 1. The Morgan fingerprint density at radius 2 is 1.81 bits per heavy atom. The van der Waals surface area contributed by atoms with E-state index in [1.54, 1.807) is 26.0 Å². The average Bonchev–Trinajstić information content (AvgIpc) is 3.07. The number of piperidine rings is 1. The van der Waals surface area contributed by atoms with Crippen LogP contribution in [0.2, 0.25) is 0 Å². The molecule has 1 aromatic heterocycles. The Morgan fingerprint density at radius 3 is 2.44 bits per heavy atom. The van der Waals surface area contributed by atoms with Crippen LogP contribution in [0.5, 0.6) is 0 Å². The molecule has 1 aliphatic rings. The van der Waals surface area contributed by atoms with E-state index < -0.39 is 28.5 Å². The first-order valence-corrected chi connectivity index (χ1v) is 11.8. The molecule has 1 saturated heterocycles. The Labute approximate surface area is 187 Å². The molecule has 0 unspecified atom stereocenters. The van der Waals surface area contributed by atoms with Gasteiger partial charge >= 0.3 is 5.97 Å². The summed E-state index contributed by atoms with van der Waals surface area (Å²) < 4.78 is 32.2. The van der Waals surface area contributed by atoms with Gasteiger partial charge in [-0.25, -0.2) is 13.2 Å². The molecular formula is C22H27N3O6S. The summed E-state index contributed by atoms with van der Waals surface area (Å²) in [5.41, 5.74) is 1.85. The molecule has 0 radical (unpaired) electrons. The van der Waals surface area contributed by atoms with Crippen molar-refractivity contribution in [2.75, 3.05) is 25.0 Å². The number of sulfonamides is 1. The predicted octanol–water partition coefficient (Wildman–Crippen LogP) is 2.80. The number of nitrogens with one attached hydrogen (secondary N) is 2. The van der Waals surface area contributed by atoms with Crippen LogP contribution >= 0.6 is 0 Å². The molecule has 0 aliphatic carbocycles. The lowest BCUT2D eigenvalue weighted by molar-refractivity contribution is -0.119. The van der Waals surface area contributed by atoms with Crippen molar-refractivity contribution in [1.82, 2.24) is 9.29 Å². The first-order chi connectivity index (χ1) is 15.1. The quantitative estimate of drug-likeness (QED) is 0.482. The van der Waals surface area contributed by atoms with Crippen molar-refractivity contribution in [2.45, 2.75) is 44.9 Å². The fourth-order valence-electron chi connectivity index (χ4n) is 3.87. The summed E-state index contributed by atoms with van der Waals surface area (Å²) in [5.74, 6) is -1.54. The number of aromatic amines is 1. The van der Waals surface area contributed by atoms with E-state index in [4.69, 9.17) is 4.74 Å². The molecule has 2 aromatic rings. The second-order valence-electron chi connectivity index (χ2n) is 7.80. The topological polar surface area (TPSA) is 126 Å². The van der Waals surface area contributed by atoms with E-state index in [1.807, 2.05) is 0 Å². The van der Waals surface area contributed by atoms with Crippen LogP contribution in [0.15, 0.2) is 29.2 Å². The average molecular weight is 462 g/mol. The number of H-pyrrole nitrogens is 1. The molecule has 2 N–H and O–H groups in total. The van der Waals surface area contributed by atoms with Gasteiger partial charge in [0.25, 0.3) is 5.91 Å². The number of carbonyl (C=O) groups excluding carboxylic acids is 3. The van der Waals surface area contributed by atoms with Crippen LogP contribution in [0.3, 0.4) is 0 Å². The van der Waals surface area contributed by atoms with Gasteiger partial charge in [-0.3, -0.25) is 9.59 Å². The highest BCUT2D eigenvalue weighted by atomic mass is 32.2. The van der Waals surface area contributed by atoms with Crippen LogP contribution in [0.4, 0.5) is 5.69 Å². The predicted molar refractivity (Wildman–Crippen MR) is 118 cm³/mol. The zero-order chi connectivity index (χ0) is 23.5. The molecule has 32 heavy (non-hydrogen) atoms. The lowest BCUT2D eigenvalue weighted by Crippen LogP contribution is -2.35. The zero-order valence-corrected chi connectivity index (χ0v) is 19.2. The number of hydrogen-bond acceptors (Lipinski definition) is 6. The Kier molecular flexibility index (Phi) is 7.15. The Hall–Kier alpha value is -2.98. The molecule has 0 saturated carbocycles. The first kappa shape index (κ1) is 23.7. The van der Waals surface area contributed by atoms with Crippen LogP contribution in [0, 0.1) is 13.8 Å². The number of aromatic nitrogens is 1. The third kappa shape index (κ3) is 5.08. The largest absolute Gasteiger partial charge is 0.451 e. The standard InChI is InChI=1S/C22H27N3O6S/c1-14-20(16(3)26)15(2)23-21(14)22(28)31-13-19(27)24-17-8-7-9-18(12-17)32(29,30)25-10-5-4-6-11-25/h7-9,12,23H,4-6,10-11,13H2,1-3H3,(H,24,27). The SMILES string of the molecule is CC(=O)c1c(C)[nH]c(C(=O)OCC(=O)Nc2cccc(S(=O)(=O)N3CCCCC3)c2)c1C. The Morgan fingerprint density at radius 1 is 1.12 bits per heavy atom. The molecule has 2 heterocycles. The minimum absolute atomic E-state index is 0.100. The van der Waals surface area contributed by atoms with Gasteiger partial charge in [0.15, 0.2) is 12.4 Å². The summed E-state index contributed by atoms with van der Waals surface area (Å²) in [6.07, 6.45) is 2.67. The number of hydrogen-bond donors (Lipinski definition) is 2. The smallest absolute Gasteiger partial charge is 0.355 e. The van der Waals surface area contributed by atoms with Crippen molar-refractivity contribution >= 4 is 33.4 Å². The number of esters is 1. The number of ketones is 1. The normalized spacial score (nSPS) is 14.7. The van der Waals surface area contributed by atoms with Gasteiger partial charge in [-0.05, 0) is 57.4 Å². The molecule has 3 rings (SSSR count). The number of nitrogens with zero attached hydrogens (tertiary/aromatic N) is 1. The van der Waals surface area contributed by atoms with Gasteiger partial charge < -0.3 is 15.0 Å². The summed E-state index contributed by atoms with van der Waals surface area (Å²) in [6.45, 7) is 5.12. The molecule has 10 heteroatoms. The Bertz CT molecular complexity index is 1150. The van der Waals surface area contributed by atoms with E-state index in [0.29, 0.717) is 29.9 Å². The van der Waals surface area contributed by atoms with Gasteiger partial charge in [0.1, 0.15) is 5.69 Å². The van der Waals surface area contributed by atoms with E-state index >= 15 is 0 Å². The third-order valence-electron chi connectivity index (χ3n) is 5.40. The maximum atomic E-state index is 12.8.